The van der Waals surface area contributed by atoms with Crippen LogP contribution in [-0.4, -0.2) is 41.6 Å². The largest absolute Gasteiger partial charge is 0.497 e. The molecule has 0 aliphatic rings. The van der Waals surface area contributed by atoms with Crippen molar-refractivity contribution in [3.63, 3.8) is 0 Å². The van der Waals surface area contributed by atoms with Gasteiger partial charge < -0.3 is 24.4 Å². The second kappa shape index (κ2) is 9.39. The molecule has 0 saturated heterocycles. The number of nitrogens with zero attached hydrogens (tertiary/aromatic N) is 2. The fourth-order valence-electron chi connectivity index (χ4n) is 3.14. The predicted molar refractivity (Wildman–Crippen MR) is 113 cm³/mol. The average Bonchev–Trinajstić information content (AvgIpc) is 3.22. The highest BCUT2D eigenvalue weighted by Gasteiger charge is 2.12. The van der Waals surface area contributed by atoms with E-state index in [0.29, 0.717) is 30.2 Å². The van der Waals surface area contributed by atoms with Gasteiger partial charge in [-0.2, -0.15) is 0 Å². The molecule has 0 aliphatic carbocycles. The van der Waals surface area contributed by atoms with Gasteiger partial charge in [-0.05, 0) is 42.0 Å². The van der Waals surface area contributed by atoms with Crippen LogP contribution in [0.4, 0.5) is 0 Å². The third-order valence-corrected chi connectivity index (χ3v) is 4.64. The first-order valence-electron chi connectivity index (χ1n) is 9.68. The smallest absolute Gasteiger partial charge is 0.258 e. The second-order valence-corrected chi connectivity index (χ2v) is 6.86. The molecule has 7 nitrogen and oxygen atoms in total. The molecular weight excluding hydrogens is 382 g/mol. The van der Waals surface area contributed by atoms with Gasteiger partial charge in [-0.15, -0.1) is 0 Å². The third-order valence-electron chi connectivity index (χ3n) is 4.64. The molecule has 4 aromatic rings. The van der Waals surface area contributed by atoms with Crippen LogP contribution < -0.4 is 14.8 Å². The maximum absolute atomic E-state index is 10.2. The van der Waals surface area contributed by atoms with Crippen molar-refractivity contribution < 1.29 is 19.1 Å². The number of fused-ring (bicyclic) bond motifs is 1. The van der Waals surface area contributed by atoms with Gasteiger partial charge in [0.05, 0.1) is 12.5 Å². The summed E-state index contributed by atoms with van der Waals surface area (Å²) >= 11 is 0. The van der Waals surface area contributed by atoms with Gasteiger partial charge in [0, 0.05) is 24.8 Å². The van der Waals surface area contributed by atoms with Crippen LogP contribution in [-0.2, 0) is 6.54 Å². The third kappa shape index (κ3) is 4.76. The molecule has 0 spiro atoms. The van der Waals surface area contributed by atoms with Gasteiger partial charge in [0.1, 0.15) is 29.9 Å². The molecule has 0 amide bonds. The van der Waals surface area contributed by atoms with Crippen LogP contribution in [0.15, 0.2) is 71.4 Å². The highest BCUT2D eigenvalue weighted by atomic mass is 16.5. The summed E-state index contributed by atoms with van der Waals surface area (Å²) in [7, 11) is 1.64. The van der Waals surface area contributed by atoms with Gasteiger partial charge in [-0.1, -0.05) is 29.4 Å². The monoisotopic (exact) mass is 405 g/mol. The molecule has 0 bridgehead atoms. The number of rotatable bonds is 9. The average molecular weight is 405 g/mol. The molecule has 154 valence electrons. The zero-order valence-corrected chi connectivity index (χ0v) is 16.6. The Morgan fingerprint density at radius 1 is 1.07 bits per heavy atom. The Morgan fingerprint density at radius 3 is 2.83 bits per heavy atom. The molecule has 2 N–H and O–H groups in total. The van der Waals surface area contributed by atoms with Crippen LogP contribution in [0.1, 0.15) is 5.56 Å². The molecule has 30 heavy (non-hydrogen) atoms. The Bertz CT molecular complexity index is 1110. The first kappa shape index (κ1) is 19.9. The van der Waals surface area contributed by atoms with Gasteiger partial charge in [0.15, 0.2) is 0 Å². The summed E-state index contributed by atoms with van der Waals surface area (Å²) in [5.74, 6) is 1.47. The highest BCUT2D eigenvalue weighted by Crippen LogP contribution is 2.29. The lowest BCUT2D eigenvalue weighted by Crippen LogP contribution is -2.31. The van der Waals surface area contributed by atoms with Crippen LogP contribution >= 0.6 is 0 Å². The Morgan fingerprint density at radius 2 is 1.93 bits per heavy atom. The fraction of sp³-hybridized carbons (Fsp3) is 0.217. The number of hydrogen-bond acceptors (Lipinski definition) is 7. The number of pyridine rings is 1. The van der Waals surface area contributed by atoms with Gasteiger partial charge in [0.25, 0.3) is 5.71 Å². The summed E-state index contributed by atoms with van der Waals surface area (Å²) in [6.45, 7) is 1.23. The van der Waals surface area contributed by atoms with E-state index in [0.717, 1.165) is 22.3 Å². The van der Waals surface area contributed by atoms with E-state index in [1.165, 1.54) is 0 Å². The first-order chi connectivity index (χ1) is 14.7. The molecule has 1 atom stereocenters. The maximum atomic E-state index is 10.2. The first-order valence-corrected chi connectivity index (χ1v) is 9.68. The van der Waals surface area contributed by atoms with Crippen molar-refractivity contribution in [2.24, 2.45) is 0 Å². The van der Waals surface area contributed by atoms with Gasteiger partial charge in [-0.25, -0.2) is 4.98 Å². The number of methoxy groups -OCH3 is 1. The van der Waals surface area contributed by atoms with E-state index in [2.05, 4.69) is 15.5 Å². The van der Waals surface area contributed by atoms with Crippen LogP contribution in [0.2, 0.25) is 0 Å². The molecular formula is C23H23N3O4. The van der Waals surface area contributed by atoms with Crippen LogP contribution in [0.3, 0.4) is 0 Å². The van der Waals surface area contributed by atoms with Crippen molar-refractivity contribution in [1.29, 1.82) is 0 Å². The molecule has 0 unspecified atom stereocenters. The van der Waals surface area contributed by atoms with Crippen molar-refractivity contribution in [2.45, 2.75) is 12.6 Å². The lowest BCUT2D eigenvalue weighted by atomic mass is 10.1. The number of hydrogen-bond donors (Lipinski definition) is 2. The fourth-order valence-corrected chi connectivity index (χ4v) is 3.14. The SMILES string of the molecule is COc1cccc(CNC[C@@H](O)COc2cccc(-c3noc4ncccc34)c2)c1. The van der Waals surface area contributed by atoms with E-state index in [4.69, 9.17) is 14.0 Å². The van der Waals surface area contributed by atoms with Crippen LogP contribution in [0.25, 0.3) is 22.4 Å². The van der Waals surface area contributed by atoms with Gasteiger partial charge >= 0.3 is 0 Å². The van der Waals surface area contributed by atoms with Gasteiger partial charge in [-0.3, -0.25) is 0 Å². The Hall–Kier alpha value is -3.42. The summed E-state index contributed by atoms with van der Waals surface area (Å²) < 4.78 is 16.3. The minimum absolute atomic E-state index is 0.176. The lowest BCUT2D eigenvalue weighted by Gasteiger charge is -2.14. The topological polar surface area (TPSA) is 89.6 Å². The lowest BCUT2D eigenvalue weighted by molar-refractivity contribution is 0.106. The highest BCUT2D eigenvalue weighted by molar-refractivity contribution is 5.89. The Labute approximate surface area is 174 Å². The summed E-state index contributed by atoms with van der Waals surface area (Å²) in [5.41, 5.74) is 3.16. The minimum atomic E-state index is -0.642. The quantitative estimate of drug-likeness (QED) is 0.441. The van der Waals surface area contributed by atoms with E-state index in [-0.39, 0.29) is 6.61 Å². The molecule has 0 radical (unpaired) electrons. The van der Waals surface area contributed by atoms with Gasteiger partial charge in [0.2, 0.25) is 0 Å². The standard InChI is InChI=1S/C23H23N3O4/c1-28-19-7-2-5-16(11-19)13-24-14-18(27)15-29-20-8-3-6-17(12-20)22-21-9-4-10-25-23(21)30-26-22/h2-12,18,24,27H,13-15H2,1H3/t18-/m1/s1. The van der Waals surface area contributed by atoms with Crippen molar-refractivity contribution in [2.75, 3.05) is 20.3 Å². The van der Waals surface area contributed by atoms with E-state index >= 15 is 0 Å². The number of aliphatic hydroxyl groups is 1. The number of ether oxygens (including phenoxy) is 2. The van der Waals surface area contributed by atoms with E-state index in [1.807, 2.05) is 60.7 Å². The molecule has 2 heterocycles. The van der Waals surface area contributed by atoms with Crippen molar-refractivity contribution in [3.8, 4) is 22.8 Å². The molecule has 2 aromatic carbocycles. The van der Waals surface area contributed by atoms with E-state index < -0.39 is 6.10 Å². The zero-order chi connectivity index (χ0) is 20.8. The molecule has 4 rings (SSSR count). The van der Waals surface area contributed by atoms with Crippen molar-refractivity contribution in [1.82, 2.24) is 15.5 Å². The molecule has 0 aliphatic heterocycles. The van der Waals surface area contributed by atoms with Crippen LogP contribution in [0.5, 0.6) is 11.5 Å². The summed E-state index contributed by atoms with van der Waals surface area (Å²) in [6.07, 6.45) is 1.02. The van der Waals surface area contributed by atoms with E-state index in [9.17, 15) is 5.11 Å². The maximum Gasteiger partial charge on any atom is 0.258 e. The van der Waals surface area contributed by atoms with E-state index in [1.54, 1.807) is 13.3 Å². The second-order valence-electron chi connectivity index (χ2n) is 6.86. The summed E-state index contributed by atoms with van der Waals surface area (Å²) in [6, 6.07) is 19.1. The Balaban J connectivity index is 1.31. The molecule has 7 heteroatoms. The number of nitrogens with one attached hydrogen (secondary N) is 1. The summed E-state index contributed by atoms with van der Waals surface area (Å²) in [5, 5.41) is 18.4. The molecule has 2 aromatic heterocycles. The van der Waals surface area contributed by atoms with Crippen molar-refractivity contribution >= 4 is 11.1 Å². The number of aliphatic hydroxyl groups excluding tert-OH is 1. The van der Waals surface area contributed by atoms with Crippen molar-refractivity contribution in [3.05, 3.63) is 72.4 Å². The number of benzene rings is 2. The van der Waals surface area contributed by atoms with Crippen LogP contribution in [0, 0.1) is 0 Å². The summed E-state index contributed by atoms with van der Waals surface area (Å²) in [4.78, 5) is 4.16. The normalized spacial score (nSPS) is 12.1. The molecule has 0 fully saturated rings. The Kier molecular flexibility index (Phi) is 6.22. The predicted octanol–water partition coefficient (Wildman–Crippen LogP) is 3.43. The zero-order valence-electron chi connectivity index (χ0n) is 16.6. The molecule has 0 saturated carbocycles. The minimum Gasteiger partial charge on any atom is -0.497 e. The number of aromatic nitrogens is 2.